The number of ether oxygens (including phenoxy) is 3. The molecule has 0 amide bonds. The predicted octanol–water partition coefficient (Wildman–Crippen LogP) is 9.06. The van der Waals surface area contributed by atoms with Crippen molar-refractivity contribution in [1.29, 1.82) is 0 Å². The van der Waals surface area contributed by atoms with E-state index in [-0.39, 0.29) is 57.7 Å². The molecule has 1 rings (SSSR count). The standard InChI is InChI=1S/C36H74O8Si3/c1-26-30(25-31(37)40-13)42-36(38,27(2)32(26)44-47(18,19)35(9,10)11)23-20-21-28(39-12)29(43-46(16,17)34(6,7)8)22-24-41-45(14,15)33(3,4)5/h20,23,26-30,32,38H,21-22,24-25H2,1-19H3/b23-20-/t26-,27+,28-,29-,30+,32-,36-/m0/s1. The van der Waals surface area contributed by atoms with Gasteiger partial charge in [0, 0.05) is 25.6 Å². The predicted molar refractivity (Wildman–Crippen MR) is 201 cm³/mol. The molecule has 0 bridgehead atoms. The second kappa shape index (κ2) is 16.3. The van der Waals surface area contributed by atoms with Crippen LogP contribution in [0.3, 0.4) is 0 Å². The van der Waals surface area contributed by atoms with Crippen LogP contribution >= 0.6 is 0 Å². The molecule has 0 spiro atoms. The molecular weight excluding hydrogens is 645 g/mol. The zero-order valence-electron chi connectivity index (χ0n) is 33.8. The van der Waals surface area contributed by atoms with Gasteiger partial charge in [-0.3, -0.25) is 4.79 Å². The van der Waals surface area contributed by atoms with Gasteiger partial charge in [-0.05, 0) is 73.3 Å². The summed E-state index contributed by atoms with van der Waals surface area (Å²) in [6, 6.07) is 0. The first-order valence-electron chi connectivity index (χ1n) is 17.6. The van der Waals surface area contributed by atoms with E-state index < -0.39 is 36.8 Å². The number of carbonyl (C=O) groups excluding carboxylic acids is 1. The molecule has 0 aromatic carbocycles. The summed E-state index contributed by atoms with van der Waals surface area (Å²) in [7, 11) is -3.19. The summed E-state index contributed by atoms with van der Waals surface area (Å²) in [5.74, 6) is -2.52. The van der Waals surface area contributed by atoms with Crippen molar-refractivity contribution in [2.45, 2.75) is 180 Å². The summed E-state index contributed by atoms with van der Waals surface area (Å²) in [6.07, 6.45) is 3.62. The van der Waals surface area contributed by atoms with Crippen molar-refractivity contribution in [3.63, 3.8) is 0 Å². The third-order valence-corrected chi connectivity index (χ3v) is 25.3. The van der Waals surface area contributed by atoms with Crippen molar-refractivity contribution in [1.82, 2.24) is 0 Å². The van der Waals surface area contributed by atoms with E-state index in [0.29, 0.717) is 19.4 Å². The van der Waals surface area contributed by atoms with Gasteiger partial charge in [0.25, 0.3) is 0 Å². The molecule has 1 N–H and O–H groups in total. The Bertz CT molecular complexity index is 1020. The molecule has 1 saturated heterocycles. The maximum atomic E-state index is 12.4. The Kier molecular flexibility index (Phi) is 15.5. The third kappa shape index (κ3) is 11.8. The van der Waals surface area contributed by atoms with Crippen LogP contribution in [0.25, 0.3) is 0 Å². The Morgan fingerprint density at radius 1 is 0.851 bits per heavy atom. The molecule has 1 aliphatic heterocycles. The lowest BCUT2D eigenvalue weighted by atomic mass is 9.79. The van der Waals surface area contributed by atoms with Crippen molar-refractivity contribution in [3.8, 4) is 0 Å². The monoisotopic (exact) mass is 718 g/mol. The van der Waals surface area contributed by atoms with Crippen LogP contribution in [0.15, 0.2) is 12.2 Å². The van der Waals surface area contributed by atoms with E-state index in [1.54, 1.807) is 13.2 Å². The van der Waals surface area contributed by atoms with Gasteiger partial charge in [0.05, 0.1) is 37.9 Å². The minimum Gasteiger partial charge on any atom is -0.469 e. The zero-order valence-corrected chi connectivity index (χ0v) is 36.8. The molecule has 0 radical (unpaired) electrons. The molecule has 0 aromatic rings. The van der Waals surface area contributed by atoms with Gasteiger partial charge < -0.3 is 32.6 Å². The Morgan fingerprint density at radius 2 is 1.36 bits per heavy atom. The van der Waals surface area contributed by atoms with E-state index in [4.69, 9.17) is 27.5 Å². The number of aliphatic hydroxyl groups is 1. The van der Waals surface area contributed by atoms with Crippen LogP contribution in [0.1, 0.15) is 95.4 Å². The molecule has 8 nitrogen and oxygen atoms in total. The fourth-order valence-electron chi connectivity index (χ4n) is 5.05. The molecule has 0 unspecified atom stereocenters. The Labute approximate surface area is 292 Å². The maximum absolute atomic E-state index is 12.4. The summed E-state index contributed by atoms with van der Waals surface area (Å²) >= 11 is 0. The van der Waals surface area contributed by atoms with Gasteiger partial charge in [-0.2, -0.15) is 0 Å². The molecule has 0 saturated carbocycles. The van der Waals surface area contributed by atoms with E-state index in [0.717, 1.165) is 0 Å². The van der Waals surface area contributed by atoms with Crippen molar-refractivity contribution >= 4 is 30.9 Å². The molecule has 1 heterocycles. The van der Waals surface area contributed by atoms with Crippen molar-refractivity contribution in [3.05, 3.63) is 12.2 Å². The minimum atomic E-state index is -2.21. The smallest absolute Gasteiger partial charge is 0.308 e. The molecular formula is C36H74O8Si3. The van der Waals surface area contributed by atoms with Crippen molar-refractivity contribution in [2.75, 3.05) is 20.8 Å². The number of methoxy groups -OCH3 is 2. The Balaban J connectivity index is 3.40. The molecule has 7 atom stereocenters. The van der Waals surface area contributed by atoms with Crippen LogP contribution < -0.4 is 0 Å². The fourth-order valence-corrected chi connectivity index (χ4v) is 8.94. The number of hydrogen-bond donors (Lipinski definition) is 1. The second-order valence-electron chi connectivity index (χ2n) is 18.4. The molecule has 0 aliphatic carbocycles. The average molecular weight is 719 g/mol. The van der Waals surface area contributed by atoms with Gasteiger partial charge >= 0.3 is 5.97 Å². The van der Waals surface area contributed by atoms with E-state index in [9.17, 15) is 9.90 Å². The van der Waals surface area contributed by atoms with Gasteiger partial charge in [-0.1, -0.05) is 82.2 Å². The first kappa shape index (κ1) is 44.6. The SMILES string of the molecule is COC(=O)C[C@H]1O[C@@](O)(/C=C\C[C@H](OC)[C@H](CCO[Si](C)(C)C(C)(C)C)O[Si](C)(C)C(C)(C)C)[C@H](C)[C@@H](O[Si](C)(C)C(C)(C)C)[C@H]1C. The van der Waals surface area contributed by atoms with E-state index >= 15 is 0 Å². The molecule has 0 aromatic heterocycles. The number of hydrogen-bond acceptors (Lipinski definition) is 8. The fraction of sp³-hybridized carbons (Fsp3) is 0.917. The number of rotatable bonds is 15. The highest BCUT2D eigenvalue weighted by atomic mass is 28.4. The van der Waals surface area contributed by atoms with E-state index in [1.807, 2.05) is 19.9 Å². The highest BCUT2D eigenvalue weighted by molar-refractivity contribution is 6.75. The van der Waals surface area contributed by atoms with Crippen LogP contribution in [0, 0.1) is 11.8 Å². The van der Waals surface area contributed by atoms with Crippen LogP contribution in [-0.4, -0.2) is 87.1 Å². The molecule has 11 heteroatoms. The van der Waals surface area contributed by atoms with Crippen molar-refractivity contribution < 1.29 is 37.4 Å². The lowest BCUT2D eigenvalue weighted by Crippen LogP contribution is -2.60. The maximum Gasteiger partial charge on any atom is 0.308 e. The Hall–Kier alpha value is -0.379. The number of esters is 1. The quantitative estimate of drug-likeness (QED) is 0.102. The van der Waals surface area contributed by atoms with Crippen LogP contribution in [0.2, 0.25) is 54.4 Å². The van der Waals surface area contributed by atoms with Gasteiger partial charge in [-0.25, -0.2) is 0 Å². The topological polar surface area (TPSA) is 92.7 Å². The van der Waals surface area contributed by atoms with Gasteiger partial charge in [0.2, 0.25) is 0 Å². The summed E-state index contributed by atoms with van der Waals surface area (Å²) in [5.41, 5.74) is 0. The molecule has 47 heavy (non-hydrogen) atoms. The normalized spacial score (nSPS) is 26.8. The van der Waals surface area contributed by atoms with Crippen LogP contribution in [0.4, 0.5) is 0 Å². The summed E-state index contributed by atoms with van der Waals surface area (Å²) in [6.45, 7) is 38.2. The summed E-state index contributed by atoms with van der Waals surface area (Å²) in [4.78, 5) is 12.4. The van der Waals surface area contributed by atoms with Gasteiger partial charge in [0.15, 0.2) is 30.7 Å². The van der Waals surface area contributed by atoms with E-state index in [1.165, 1.54) is 7.11 Å². The van der Waals surface area contributed by atoms with Gasteiger partial charge in [-0.15, -0.1) is 0 Å². The molecule has 278 valence electrons. The summed E-state index contributed by atoms with van der Waals surface area (Å²) in [5, 5.41) is 12.2. The Morgan fingerprint density at radius 3 is 1.81 bits per heavy atom. The molecule has 1 aliphatic rings. The molecule has 1 fully saturated rings. The van der Waals surface area contributed by atoms with Crippen LogP contribution in [0.5, 0.6) is 0 Å². The van der Waals surface area contributed by atoms with Gasteiger partial charge in [0.1, 0.15) is 0 Å². The third-order valence-electron chi connectivity index (χ3n) is 11.8. The minimum absolute atomic E-state index is 0.0182. The average Bonchev–Trinajstić information content (AvgIpc) is 2.89. The second-order valence-corrected chi connectivity index (χ2v) is 32.7. The first-order chi connectivity index (χ1) is 21.0. The highest BCUT2D eigenvalue weighted by Gasteiger charge is 2.53. The van der Waals surface area contributed by atoms with Crippen molar-refractivity contribution in [2.24, 2.45) is 11.8 Å². The lowest BCUT2D eigenvalue weighted by Gasteiger charge is -2.51. The number of carbonyl (C=O) groups is 1. The van der Waals surface area contributed by atoms with E-state index in [2.05, 4.69) is 102 Å². The van der Waals surface area contributed by atoms with Crippen LogP contribution in [-0.2, 0) is 32.3 Å². The highest BCUT2D eigenvalue weighted by Crippen LogP contribution is 2.45. The summed E-state index contributed by atoms with van der Waals surface area (Å²) < 4.78 is 38.0. The first-order valence-corrected chi connectivity index (χ1v) is 26.4. The zero-order chi connectivity index (χ0) is 37.0. The lowest BCUT2D eigenvalue weighted by molar-refractivity contribution is -0.288. The largest absolute Gasteiger partial charge is 0.469 e.